The van der Waals surface area contributed by atoms with Crippen LogP contribution in [0, 0.1) is 0 Å². The molecule has 23 heavy (non-hydrogen) atoms. The van der Waals surface area contributed by atoms with Crippen molar-refractivity contribution in [2.75, 3.05) is 0 Å². The van der Waals surface area contributed by atoms with Crippen LogP contribution in [0.2, 0.25) is 0 Å². The minimum absolute atomic E-state index is 0. The molecular formula is C17H16BrN3OS. The minimum atomic E-state index is 0. The summed E-state index contributed by atoms with van der Waals surface area (Å²) in [5.41, 5.74) is 2.26. The van der Waals surface area contributed by atoms with E-state index in [0.29, 0.717) is 12.3 Å². The van der Waals surface area contributed by atoms with Crippen molar-refractivity contribution in [2.45, 2.75) is 6.54 Å². The van der Waals surface area contributed by atoms with Crippen LogP contribution in [0.4, 0.5) is 0 Å². The molecule has 3 aromatic rings. The molecule has 4 nitrogen and oxygen atoms in total. The molecule has 3 rings (SSSR count). The minimum Gasteiger partial charge on any atom is -0.463 e. The third kappa shape index (κ3) is 4.18. The maximum absolute atomic E-state index is 5.19. The standard InChI is InChI=1S/C17H15N3OS.BrH/c1-2-10-20-16(14-7-4-3-5-8-14)13-22-17(20)19-18-12-15-9-6-11-21-15;/h2-9,11-13H,1,10H2;1H/b18-12+,19-17-;. The molecule has 6 heteroatoms. The van der Waals surface area contributed by atoms with E-state index in [2.05, 4.69) is 38.9 Å². The second-order valence-electron chi connectivity index (χ2n) is 4.53. The molecule has 0 aliphatic carbocycles. The first-order valence-corrected chi connectivity index (χ1v) is 7.71. The number of benzene rings is 1. The Morgan fingerprint density at radius 1 is 1.17 bits per heavy atom. The lowest BCUT2D eigenvalue weighted by molar-refractivity contribution is 0.560. The summed E-state index contributed by atoms with van der Waals surface area (Å²) in [5, 5.41) is 10.5. The Morgan fingerprint density at radius 2 is 2.00 bits per heavy atom. The molecule has 0 saturated heterocycles. The molecule has 0 N–H and O–H groups in total. The second kappa shape index (κ2) is 8.45. The van der Waals surface area contributed by atoms with Crippen LogP contribution in [0.25, 0.3) is 11.3 Å². The molecule has 0 atom stereocenters. The number of hydrogen-bond donors (Lipinski definition) is 0. The molecular weight excluding hydrogens is 374 g/mol. The maximum Gasteiger partial charge on any atom is 0.211 e. The number of rotatable bonds is 5. The molecule has 0 radical (unpaired) electrons. The van der Waals surface area contributed by atoms with Gasteiger partial charge in [0, 0.05) is 11.9 Å². The van der Waals surface area contributed by atoms with Crippen LogP contribution >= 0.6 is 28.3 Å². The summed E-state index contributed by atoms with van der Waals surface area (Å²) in [6.45, 7) is 4.50. The first-order chi connectivity index (χ1) is 10.9. The van der Waals surface area contributed by atoms with Crippen LogP contribution in [0.5, 0.6) is 0 Å². The van der Waals surface area contributed by atoms with Crippen LogP contribution in [-0.2, 0) is 6.54 Å². The van der Waals surface area contributed by atoms with Gasteiger partial charge in [-0.25, -0.2) is 0 Å². The highest BCUT2D eigenvalue weighted by Gasteiger charge is 2.06. The van der Waals surface area contributed by atoms with E-state index < -0.39 is 0 Å². The zero-order chi connectivity index (χ0) is 15.2. The summed E-state index contributed by atoms with van der Waals surface area (Å²) in [5.74, 6) is 0.679. The van der Waals surface area contributed by atoms with Crippen molar-refractivity contribution < 1.29 is 4.42 Å². The Bertz CT molecular complexity index is 832. The summed E-state index contributed by atoms with van der Waals surface area (Å²) in [6.07, 6.45) is 5.06. The molecule has 0 unspecified atom stereocenters. The van der Waals surface area contributed by atoms with Gasteiger partial charge in [-0.1, -0.05) is 36.4 Å². The fraction of sp³-hybridized carbons (Fsp3) is 0.0588. The van der Waals surface area contributed by atoms with E-state index in [9.17, 15) is 0 Å². The highest BCUT2D eigenvalue weighted by atomic mass is 79.9. The molecule has 0 spiro atoms. The zero-order valence-electron chi connectivity index (χ0n) is 12.3. The zero-order valence-corrected chi connectivity index (χ0v) is 14.9. The summed E-state index contributed by atoms with van der Waals surface area (Å²) >= 11 is 1.55. The molecule has 0 saturated carbocycles. The van der Waals surface area contributed by atoms with Crippen molar-refractivity contribution in [1.82, 2.24) is 4.57 Å². The summed E-state index contributed by atoms with van der Waals surface area (Å²) in [4.78, 5) is 0.821. The van der Waals surface area contributed by atoms with Gasteiger partial charge in [0.05, 0.1) is 18.2 Å². The average molecular weight is 390 g/mol. The van der Waals surface area contributed by atoms with Gasteiger partial charge in [0.15, 0.2) is 0 Å². The fourth-order valence-electron chi connectivity index (χ4n) is 2.05. The predicted molar refractivity (Wildman–Crippen MR) is 100 cm³/mol. The third-order valence-electron chi connectivity index (χ3n) is 3.05. The monoisotopic (exact) mass is 389 g/mol. The lowest BCUT2D eigenvalue weighted by Gasteiger charge is -2.05. The van der Waals surface area contributed by atoms with Crippen molar-refractivity contribution in [2.24, 2.45) is 10.2 Å². The molecule has 0 fully saturated rings. The molecule has 0 bridgehead atoms. The van der Waals surface area contributed by atoms with Crippen LogP contribution in [-0.4, -0.2) is 10.8 Å². The van der Waals surface area contributed by atoms with E-state index in [4.69, 9.17) is 4.42 Å². The van der Waals surface area contributed by atoms with E-state index >= 15 is 0 Å². The highest BCUT2D eigenvalue weighted by molar-refractivity contribution is 8.93. The SMILES string of the molecule is Br.C=CCn1c(-c2ccccc2)cs/c1=N\N=C\c1ccco1. The molecule has 0 amide bonds. The number of nitrogens with zero attached hydrogens (tertiary/aromatic N) is 3. The number of aromatic nitrogens is 1. The Hall–Kier alpha value is -2.18. The lowest BCUT2D eigenvalue weighted by Crippen LogP contribution is -2.14. The van der Waals surface area contributed by atoms with E-state index in [0.717, 1.165) is 16.1 Å². The number of halogens is 1. The number of allylic oxidation sites excluding steroid dienone is 1. The fourth-order valence-corrected chi connectivity index (χ4v) is 2.93. The normalized spacial score (nSPS) is 11.6. The van der Waals surface area contributed by atoms with Gasteiger partial charge in [0.1, 0.15) is 5.76 Å². The van der Waals surface area contributed by atoms with Crippen molar-refractivity contribution >= 4 is 34.5 Å². The average Bonchev–Trinajstić information content (AvgIpc) is 3.19. The predicted octanol–water partition coefficient (Wildman–Crippen LogP) is 4.51. The van der Waals surface area contributed by atoms with Gasteiger partial charge >= 0.3 is 0 Å². The van der Waals surface area contributed by atoms with Gasteiger partial charge < -0.3 is 8.98 Å². The number of hydrogen-bond acceptors (Lipinski definition) is 4. The van der Waals surface area contributed by atoms with E-state index in [1.807, 2.05) is 36.4 Å². The number of furan rings is 1. The Labute approximate surface area is 148 Å². The van der Waals surface area contributed by atoms with Gasteiger partial charge in [-0.15, -0.1) is 40.0 Å². The second-order valence-corrected chi connectivity index (χ2v) is 5.37. The molecule has 1 aromatic carbocycles. The van der Waals surface area contributed by atoms with Crippen molar-refractivity contribution in [3.05, 3.63) is 77.3 Å². The molecule has 0 aliphatic heterocycles. The largest absolute Gasteiger partial charge is 0.463 e. The van der Waals surface area contributed by atoms with Gasteiger partial charge in [-0.3, -0.25) is 0 Å². The van der Waals surface area contributed by atoms with E-state index in [-0.39, 0.29) is 17.0 Å². The van der Waals surface area contributed by atoms with Crippen LogP contribution < -0.4 is 4.80 Å². The van der Waals surface area contributed by atoms with Crippen LogP contribution in [0.1, 0.15) is 5.76 Å². The summed E-state index contributed by atoms with van der Waals surface area (Å²) in [6, 6.07) is 13.9. The summed E-state index contributed by atoms with van der Waals surface area (Å²) in [7, 11) is 0. The van der Waals surface area contributed by atoms with Gasteiger partial charge in [-0.2, -0.15) is 5.10 Å². The van der Waals surface area contributed by atoms with Gasteiger partial charge in [-0.05, 0) is 17.7 Å². The highest BCUT2D eigenvalue weighted by Crippen LogP contribution is 2.19. The Balaban J connectivity index is 0.00000192. The van der Waals surface area contributed by atoms with Crippen LogP contribution in [0.15, 0.2) is 81.4 Å². The van der Waals surface area contributed by atoms with Crippen molar-refractivity contribution in [3.63, 3.8) is 0 Å². The van der Waals surface area contributed by atoms with Crippen molar-refractivity contribution in [3.8, 4) is 11.3 Å². The quantitative estimate of drug-likeness (QED) is 0.359. The van der Waals surface area contributed by atoms with Crippen molar-refractivity contribution in [1.29, 1.82) is 0 Å². The first-order valence-electron chi connectivity index (χ1n) is 6.83. The molecule has 2 aromatic heterocycles. The molecule has 0 aliphatic rings. The van der Waals surface area contributed by atoms with Gasteiger partial charge in [0.25, 0.3) is 0 Å². The van der Waals surface area contributed by atoms with E-state index in [1.165, 1.54) is 0 Å². The summed E-state index contributed by atoms with van der Waals surface area (Å²) < 4.78 is 7.28. The number of thiazole rings is 1. The topological polar surface area (TPSA) is 42.8 Å². The molecule has 118 valence electrons. The maximum atomic E-state index is 5.19. The van der Waals surface area contributed by atoms with E-state index in [1.54, 1.807) is 23.8 Å². The van der Waals surface area contributed by atoms with Gasteiger partial charge in [0.2, 0.25) is 4.80 Å². The Kier molecular flexibility index (Phi) is 6.31. The third-order valence-corrected chi connectivity index (χ3v) is 3.90. The lowest BCUT2D eigenvalue weighted by atomic mass is 10.2. The Morgan fingerprint density at radius 3 is 2.70 bits per heavy atom. The molecule has 2 heterocycles. The first kappa shape index (κ1) is 17.2. The smallest absolute Gasteiger partial charge is 0.211 e. The van der Waals surface area contributed by atoms with Crippen LogP contribution in [0.3, 0.4) is 0 Å².